The van der Waals surface area contributed by atoms with E-state index < -0.39 is 0 Å². The Morgan fingerprint density at radius 1 is 1.00 bits per heavy atom. The molecule has 5 heteroatoms. The van der Waals surface area contributed by atoms with Crippen molar-refractivity contribution in [2.24, 2.45) is 0 Å². The van der Waals surface area contributed by atoms with Gasteiger partial charge >= 0.3 is 0 Å². The van der Waals surface area contributed by atoms with Crippen molar-refractivity contribution in [2.75, 3.05) is 11.9 Å². The van der Waals surface area contributed by atoms with E-state index in [0.29, 0.717) is 28.4 Å². The number of halogens is 1. The smallest absolute Gasteiger partial charge is 0.255 e. The number of hydrogen-bond donors (Lipinski definition) is 2. The van der Waals surface area contributed by atoms with Gasteiger partial charge in [-0.2, -0.15) is 0 Å². The number of carbonyl (C=O) groups is 2. The van der Waals surface area contributed by atoms with Gasteiger partial charge in [0.1, 0.15) is 0 Å². The molecule has 0 spiro atoms. The Balaban J connectivity index is 2.00. The van der Waals surface area contributed by atoms with Crippen LogP contribution in [0.25, 0.3) is 0 Å². The highest BCUT2D eigenvalue weighted by atomic mass is 35.5. The van der Waals surface area contributed by atoms with Crippen LogP contribution in [0.15, 0.2) is 42.5 Å². The topological polar surface area (TPSA) is 58.2 Å². The zero-order chi connectivity index (χ0) is 17.5. The van der Waals surface area contributed by atoms with Crippen molar-refractivity contribution in [1.29, 1.82) is 0 Å². The molecule has 0 aliphatic carbocycles. The first-order valence-corrected chi connectivity index (χ1v) is 8.35. The number of anilines is 1. The van der Waals surface area contributed by atoms with Crippen molar-refractivity contribution in [3.8, 4) is 0 Å². The lowest BCUT2D eigenvalue weighted by atomic mass is 10.1. The number of nitrogens with one attached hydrogen (secondary N) is 2. The third kappa shape index (κ3) is 4.83. The van der Waals surface area contributed by atoms with Gasteiger partial charge in [-0.05, 0) is 55.3 Å². The number of benzene rings is 2. The normalized spacial score (nSPS) is 10.3. The highest BCUT2D eigenvalue weighted by molar-refractivity contribution is 6.31. The Kier molecular flexibility index (Phi) is 6.38. The van der Waals surface area contributed by atoms with E-state index in [4.69, 9.17) is 11.6 Å². The van der Waals surface area contributed by atoms with Crippen LogP contribution < -0.4 is 10.6 Å². The quantitative estimate of drug-likeness (QED) is 0.761. The van der Waals surface area contributed by atoms with Gasteiger partial charge in [0.25, 0.3) is 11.8 Å². The molecule has 24 heavy (non-hydrogen) atoms. The molecule has 4 nitrogen and oxygen atoms in total. The molecule has 0 saturated carbocycles. The first-order valence-electron chi connectivity index (χ1n) is 7.97. The summed E-state index contributed by atoms with van der Waals surface area (Å²) in [4.78, 5) is 24.2. The summed E-state index contributed by atoms with van der Waals surface area (Å²) in [6.45, 7) is 4.63. The lowest BCUT2D eigenvalue weighted by molar-refractivity contribution is 0.0951. The van der Waals surface area contributed by atoms with E-state index in [0.717, 1.165) is 18.4 Å². The number of rotatable bonds is 6. The third-order valence-corrected chi connectivity index (χ3v) is 4.06. The standard InChI is InChI=1S/C19H21ClN2O2/c1-3-4-11-21-18(23)14-6-8-15(9-7-14)19(24)22-16-10-5-13(2)17(20)12-16/h5-10,12H,3-4,11H2,1-2H3,(H,21,23)(H,22,24). The van der Waals surface area contributed by atoms with Gasteiger partial charge in [-0.3, -0.25) is 9.59 Å². The molecular weight excluding hydrogens is 324 g/mol. The van der Waals surface area contributed by atoms with Crippen LogP contribution in [0.2, 0.25) is 5.02 Å². The van der Waals surface area contributed by atoms with Crippen molar-refractivity contribution in [2.45, 2.75) is 26.7 Å². The molecule has 2 aromatic carbocycles. The van der Waals surface area contributed by atoms with E-state index in [-0.39, 0.29) is 11.8 Å². The molecule has 0 aromatic heterocycles. The summed E-state index contributed by atoms with van der Waals surface area (Å²) in [5, 5.41) is 6.24. The largest absolute Gasteiger partial charge is 0.352 e. The maximum atomic E-state index is 12.2. The van der Waals surface area contributed by atoms with Crippen molar-refractivity contribution in [3.05, 3.63) is 64.2 Å². The highest BCUT2D eigenvalue weighted by Crippen LogP contribution is 2.20. The van der Waals surface area contributed by atoms with E-state index in [1.807, 2.05) is 13.0 Å². The van der Waals surface area contributed by atoms with Gasteiger partial charge < -0.3 is 10.6 Å². The second-order valence-corrected chi connectivity index (χ2v) is 6.01. The van der Waals surface area contributed by atoms with E-state index in [2.05, 4.69) is 17.6 Å². The molecule has 0 bridgehead atoms. The van der Waals surface area contributed by atoms with Crippen LogP contribution in [0.5, 0.6) is 0 Å². The van der Waals surface area contributed by atoms with Crippen LogP contribution in [0.4, 0.5) is 5.69 Å². The van der Waals surface area contributed by atoms with Crippen LogP contribution in [0.1, 0.15) is 46.0 Å². The van der Waals surface area contributed by atoms with Gasteiger partial charge in [0.15, 0.2) is 0 Å². The lowest BCUT2D eigenvalue weighted by Gasteiger charge is -2.08. The maximum Gasteiger partial charge on any atom is 0.255 e. The molecule has 0 atom stereocenters. The predicted octanol–water partition coefficient (Wildman–Crippen LogP) is 4.43. The fourth-order valence-electron chi connectivity index (χ4n) is 2.13. The Hall–Kier alpha value is -2.33. The molecule has 2 N–H and O–H groups in total. The number of aryl methyl sites for hydroxylation is 1. The molecule has 2 rings (SSSR count). The second kappa shape index (κ2) is 8.50. The zero-order valence-corrected chi connectivity index (χ0v) is 14.6. The van der Waals surface area contributed by atoms with Gasteiger partial charge in [0, 0.05) is 28.4 Å². The molecule has 0 heterocycles. The molecule has 0 fully saturated rings. The van der Waals surface area contributed by atoms with Crippen LogP contribution in [0.3, 0.4) is 0 Å². The van der Waals surface area contributed by atoms with Gasteiger partial charge in [0.05, 0.1) is 0 Å². The second-order valence-electron chi connectivity index (χ2n) is 5.60. The average Bonchev–Trinajstić information content (AvgIpc) is 2.58. The zero-order valence-electron chi connectivity index (χ0n) is 13.9. The Bertz CT molecular complexity index is 727. The van der Waals surface area contributed by atoms with Crippen molar-refractivity contribution >= 4 is 29.1 Å². The summed E-state index contributed by atoms with van der Waals surface area (Å²) >= 11 is 6.06. The summed E-state index contributed by atoms with van der Waals surface area (Å²) < 4.78 is 0. The molecule has 126 valence electrons. The fourth-order valence-corrected chi connectivity index (χ4v) is 2.31. The number of hydrogen-bond acceptors (Lipinski definition) is 2. The molecular formula is C19H21ClN2O2. The van der Waals surface area contributed by atoms with Gasteiger partial charge in [-0.15, -0.1) is 0 Å². The molecule has 0 unspecified atom stereocenters. The average molecular weight is 345 g/mol. The molecule has 0 radical (unpaired) electrons. The minimum Gasteiger partial charge on any atom is -0.352 e. The van der Waals surface area contributed by atoms with Crippen LogP contribution in [-0.2, 0) is 0 Å². The minimum atomic E-state index is -0.243. The molecule has 0 saturated heterocycles. The van der Waals surface area contributed by atoms with Crippen molar-refractivity contribution in [3.63, 3.8) is 0 Å². The van der Waals surface area contributed by atoms with Crippen LogP contribution in [0, 0.1) is 6.92 Å². The predicted molar refractivity (Wildman–Crippen MR) is 97.8 cm³/mol. The Morgan fingerprint density at radius 2 is 1.62 bits per heavy atom. The maximum absolute atomic E-state index is 12.2. The van der Waals surface area contributed by atoms with E-state index in [9.17, 15) is 9.59 Å². The summed E-state index contributed by atoms with van der Waals surface area (Å²) in [7, 11) is 0. The number of carbonyl (C=O) groups excluding carboxylic acids is 2. The van der Waals surface area contributed by atoms with E-state index in [1.54, 1.807) is 36.4 Å². The Labute approximate surface area is 147 Å². The van der Waals surface area contributed by atoms with Crippen LogP contribution >= 0.6 is 11.6 Å². The summed E-state index contributed by atoms with van der Waals surface area (Å²) in [5.74, 6) is -0.367. The summed E-state index contributed by atoms with van der Waals surface area (Å²) in [5.41, 5.74) is 2.61. The first-order chi connectivity index (χ1) is 11.5. The monoisotopic (exact) mass is 344 g/mol. The van der Waals surface area contributed by atoms with Crippen molar-refractivity contribution in [1.82, 2.24) is 5.32 Å². The van der Waals surface area contributed by atoms with Gasteiger partial charge in [0.2, 0.25) is 0 Å². The number of unbranched alkanes of at least 4 members (excludes halogenated alkanes) is 1. The van der Waals surface area contributed by atoms with E-state index in [1.165, 1.54) is 0 Å². The SMILES string of the molecule is CCCCNC(=O)c1ccc(C(=O)Nc2ccc(C)c(Cl)c2)cc1. The molecule has 2 aromatic rings. The third-order valence-electron chi connectivity index (χ3n) is 3.65. The summed E-state index contributed by atoms with van der Waals surface area (Å²) in [6.07, 6.45) is 1.98. The van der Waals surface area contributed by atoms with Crippen molar-refractivity contribution < 1.29 is 9.59 Å². The minimum absolute atomic E-state index is 0.124. The Morgan fingerprint density at radius 3 is 2.21 bits per heavy atom. The fraction of sp³-hybridized carbons (Fsp3) is 0.263. The lowest BCUT2D eigenvalue weighted by Crippen LogP contribution is -2.24. The molecule has 0 aliphatic rings. The molecule has 2 amide bonds. The highest BCUT2D eigenvalue weighted by Gasteiger charge is 2.09. The molecule has 0 aliphatic heterocycles. The van der Waals surface area contributed by atoms with Gasteiger partial charge in [-0.1, -0.05) is 31.0 Å². The van der Waals surface area contributed by atoms with Gasteiger partial charge in [-0.25, -0.2) is 0 Å². The van der Waals surface area contributed by atoms with Crippen LogP contribution in [-0.4, -0.2) is 18.4 Å². The number of amides is 2. The summed E-state index contributed by atoms with van der Waals surface area (Å²) in [6, 6.07) is 11.9. The first kappa shape index (κ1) is 18.0. The van der Waals surface area contributed by atoms with E-state index >= 15 is 0 Å².